The minimum atomic E-state index is -0.532. The first-order chi connectivity index (χ1) is 14.6. The van der Waals surface area contributed by atoms with Crippen molar-refractivity contribution >= 4 is 32.7 Å². The summed E-state index contributed by atoms with van der Waals surface area (Å²) < 4.78 is 31.8. The van der Waals surface area contributed by atoms with E-state index in [4.69, 9.17) is 14.2 Å². The highest BCUT2D eigenvalue weighted by Gasteiger charge is 2.43. The highest BCUT2D eigenvalue weighted by molar-refractivity contribution is 7.22. The van der Waals surface area contributed by atoms with Crippen LogP contribution in [0.5, 0.6) is 5.88 Å². The Morgan fingerprint density at radius 1 is 1.27 bits per heavy atom. The van der Waals surface area contributed by atoms with Crippen molar-refractivity contribution in [2.75, 3.05) is 51.9 Å². The van der Waals surface area contributed by atoms with Crippen molar-refractivity contribution in [3.8, 4) is 5.88 Å². The number of fused-ring (bicyclic) bond motifs is 1. The van der Waals surface area contributed by atoms with E-state index >= 15 is 0 Å². The second-order valence-corrected chi connectivity index (χ2v) is 9.31. The Morgan fingerprint density at radius 2 is 2.10 bits per heavy atom. The van der Waals surface area contributed by atoms with Crippen LogP contribution in [-0.2, 0) is 9.47 Å². The summed E-state index contributed by atoms with van der Waals surface area (Å²) in [7, 11) is 1.44. The van der Waals surface area contributed by atoms with Crippen LogP contribution in [0.15, 0.2) is 0 Å². The van der Waals surface area contributed by atoms with Gasteiger partial charge in [0.2, 0.25) is 11.8 Å². The maximum atomic E-state index is 14.9. The summed E-state index contributed by atoms with van der Waals surface area (Å²) in [4.78, 5) is 23.2. The number of anilines is 1. The molecule has 3 saturated heterocycles. The molecule has 0 aliphatic carbocycles. The Labute approximate surface area is 177 Å². The first-order valence-electron chi connectivity index (χ1n) is 10.3. The molecule has 8 nitrogen and oxygen atoms in total. The first kappa shape index (κ1) is 19.9. The fourth-order valence-corrected chi connectivity index (χ4v) is 5.79. The smallest absolute Gasteiger partial charge is 0.323 e. The Balaban J connectivity index is 1.41. The van der Waals surface area contributed by atoms with Crippen LogP contribution in [0.2, 0.25) is 0 Å². The van der Waals surface area contributed by atoms with Gasteiger partial charge in [0.1, 0.15) is 5.52 Å². The molecule has 0 saturated carbocycles. The van der Waals surface area contributed by atoms with Crippen LogP contribution in [0.3, 0.4) is 0 Å². The van der Waals surface area contributed by atoms with Gasteiger partial charge < -0.3 is 19.1 Å². The van der Waals surface area contributed by atoms with Crippen molar-refractivity contribution in [1.29, 1.82) is 0 Å². The average Bonchev–Trinajstić information content (AvgIpc) is 3.49. The van der Waals surface area contributed by atoms with Crippen LogP contribution in [0.1, 0.15) is 37.2 Å². The van der Waals surface area contributed by atoms with Gasteiger partial charge in [0.25, 0.3) is 0 Å². The molecule has 0 unspecified atom stereocenters. The van der Waals surface area contributed by atoms with Crippen LogP contribution < -0.4 is 10.1 Å². The molecule has 0 aromatic carbocycles. The number of hydrogen-bond donors (Lipinski definition) is 1. The molecule has 3 aliphatic heterocycles. The maximum absolute atomic E-state index is 14.9. The summed E-state index contributed by atoms with van der Waals surface area (Å²) in [6.45, 7) is 4.07. The third-order valence-corrected chi connectivity index (χ3v) is 7.45. The largest absolute Gasteiger partial charge is 0.479 e. The molecule has 2 aromatic rings. The van der Waals surface area contributed by atoms with Gasteiger partial charge in [0, 0.05) is 43.9 Å². The molecule has 1 atom stereocenters. The molecule has 1 N–H and O–H groups in total. The number of pyridine rings is 1. The number of ether oxygens (including phenoxy) is 3. The van der Waals surface area contributed by atoms with Gasteiger partial charge in [0.15, 0.2) is 5.13 Å². The second kappa shape index (κ2) is 7.90. The van der Waals surface area contributed by atoms with E-state index in [1.807, 2.05) is 4.90 Å². The number of methoxy groups -OCH3 is 1. The number of thiazole rings is 1. The van der Waals surface area contributed by atoms with Crippen LogP contribution >= 0.6 is 11.3 Å². The SMILES string of the molecule is COc1nc(F)c(C2CCOCC2)c2sc(NC(=O)N3CC[C@@]4(CCOC4)C3)nc12. The monoisotopic (exact) mass is 436 g/mol. The molecule has 5 heterocycles. The quantitative estimate of drug-likeness (QED) is 0.743. The minimum absolute atomic E-state index is 0.0180. The second-order valence-electron chi connectivity index (χ2n) is 8.31. The van der Waals surface area contributed by atoms with E-state index in [2.05, 4.69) is 15.3 Å². The van der Waals surface area contributed by atoms with E-state index in [1.54, 1.807) is 0 Å². The molecule has 10 heteroatoms. The van der Waals surface area contributed by atoms with E-state index in [0.717, 1.165) is 32.3 Å². The highest BCUT2D eigenvalue weighted by atomic mass is 32.1. The number of urea groups is 1. The number of nitrogens with one attached hydrogen (secondary N) is 1. The van der Waals surface area contributed by atoms with E-state index in [9.17, 15) is 9.18 Å². The lowest BCUT2D eigenvalue weighted by molar-refractivity contribution is 0.0847. The van der Waals surface area contributed by atoms with E-state index in [1.165, 1.54) is 18.4 Å². The summed E-state index contributed by atoms with van der Waals surface area (Å²) in [5, 5.41) is 3.33. The molecule has 5 rings (SSSR count). The number of rotatable bonds is 3. The van der Waals surface area contributed by atoms with E-state index in [0.29, 0.717) is 53.8 Å². The standard InChI is InChI=1S/C20H25FN4O4S/c1-27-17-14-15(13(16(21)23-17)12-2-7-28-8-3-12)30-18(22-14)24-19(26)25-6-4-20(10-25)5-9-29-11-20/h12H,2-11H2,1H3,(H,22,24,26)/t20-/m1/s1. The van der Waals surface area contributed by atoms with Gasteiger partial charge in [0.05, 0.1) is 18.4 Å². The van der Waals surface area contributed by atoms with Crippen molar-refractivity contribution in [1.82, 2.24) is 14.9 Å². The summed E-state index contributed by atoms with van der Waals surface area (Å²) in [6.07, 6.45) is 3.42. The topological polar surface area (TPSA) is 85.8 Å². The number of amides is 2. The lowest BCUT2D eigenvalue weighted by Gasteiger charge is -2.23. The molecule has 2 aromatic heterocycles. The third-order valence-electron chi connectivity index (χ3n) is 6.44. The zero-order valence-corrected chi connectivity index (χ0v) is 17.7. The summed E-state index contributed by atoms with van der Waals surface area (Å²) >= 11 is 1.28. The lowest BCUT2D eigenvalue weighted by atomic mass is 9.87. The number of carbonyl (C=O) groups excluding carboxylic acids is 1. The van der Waals surface area contributed by atoms with Gasteiger partial charge in [-0.15, -0.1) is 0 Å². The normalized spacial score (nSPS) is 24.8. The van der Waals surface area contributed by atoms with Gasteiger partial charge in [-0.05, 0) is 31.6 Å². The number of likely N-dealkylation sites (tertiary alicyclic amines) is 1. The Morgan fingerprint density at radius 3 is 2.83 bits per heavy atom. The number of nitrogens with zero attached hydrogens (tertiary/aromatic N) is 3. The van der Waals surface area contributed by atoms with Crippen molar-refractivity contribution in [3.05, 3.63) is 11.5 Å². The minimum Gasteiger partial charge on any atom is -0.479 e. The Kier molecular flexibility index (Phi) is 5.24. The lowest BCUT2D eigenvalue weighted by Crippen LogP contribution is -2.35. The van der Waals surface area contributed by atoms with Crippen molar-refractivity contribution in [2.45, 2.75) is 31.6 Å². The van der Waals surface area contributed by atoms with E-state index in [-0.39, 0.29) is 23.2 Å². The molecule has 1 spiro atoms. The maximum Gasteiger partial charge on any atom is 0.323 e. The van der Waals surface area contributed by atoms with E-state index < -0.39 is 5.95 Å². The van der Waals surface area contributed by atoms with Gasteiger partial charge in [-0.25, -0.2) is 9.78 Å². The van der Waals surface area contributed by atoms with Crippen LogP contribution in [0, 0.1) is 11.4 Å². The molecule has 0 radical (unpaired) electrons. The predicted molar refractivity (Wildman–Crippen MR) is 110 cm³/mol. The van der Waals surface area contributed by atoms with Crippen molar-refractivity contribution in [3.63, 3.8) is 0 Å². The highest BCUT2D eigenvalue weighted by Crippen LogP contribution is 2.42. The number of hydrogen-bond acceptors (Lipinski definition) is 7. The van der Waals surface area contributed by atoms with Gasteiger partial charge in [-0.1, -0.05) is 11.3 Å². The Hall–Kier alpha value is -2.04. The summed E-state index contributed by atoms with van der Waals surface area (Å²) in [6, 6.07) is -0.183. The number of aromatic nitrogens is 2. The third kappa shape index (κ3) is 3.50. The molecular formula is C20H25FN4O4S. The zero-order chi connectivity index (χ0) is 20.7. The summed E-state index contributed by atoms with van der Waals surface area (Å²) in [5.74, 6) is -0.377. The number of halogens is 1. The average molecular weight is 437 g/mol. The van der Waals surface area contributed by atoms with Gasteiger partial charge in [-0.3, -0.25) is 5.32 Å². The first-order valence-corrected chi connectivity index (χ1v) is 11.2. The fourth-order valence-electron chi connectivity index (χ4n) is 4.73. The van der Waals surface area contributed by atoms with Crippen molar-refractivity contribution in [2.24, 2.45) is 5.41 Å². The summed E-state index contributed by atoms with van der Waals surface area (Å²) in [5.41, 5.74) is 1.13. The predicted octanol–water partition coefficient (Wildman–Crippen LogP) is 3.38. The van der Waals surface area contributed by atoms with Gasteiger partial charge >= 0.3 is 6.03 Å². The van der Waals surface area contributed by atoms with Gasteiger partial charge in [-0.2, -0.15) is 9.37 Å². The molecule has 2 amide bonds. The van der Waals surface area contributed by atoms with Crippen molar-refractivity contribution < 1.29 is 23.4 Å². The molecule has 162 valence electrons. The molecule has 0 bridgehead atoms. The fraction of sp³-hybridized carbons (Fsp3) is 0.650. The molecular weight excluding hydrogens is 411 g/mol. The zero-order valence-electron chi connectivity index (χ0n) is 16.9. The number of carbonyl (C=O) groups is 1. The van der Waals surface area contributed by atoms with Crippen LogP contribution in [-0.4, -0.2) is 67.5 Å². The molecule has 3 aliphatic rings. The van der Waals surface area contributed by atoms with Crippen LogP contribution in [0.4, 0.5) is 14.3 Å². The molecule has 3 fully saturated rings. The van der Waals surface area contributed by atoms with Crippen LogP contribution in [0.25, 0.3) is 10.2 Å². The molecule has 30 heavy (non-hydrogen) atoms. The Bertz CT molecular complexity index is 956.